The lowest BCUT2D eigenvalue weighted by molar-refractivity contribution is -0.132. The lowest BCUT2D eigenvalue weighted by atomic mass is 9.96. The first-order valence-electron chi connectivity index (χ1n) is 10.6. The van der Waals surface area contributed by atoms with Gasteiger partial charge in [0.25, 0.3) is 5.91 Å². The molecule has 8 nitrogen and oxygen atoms in total. The summed E-state index contributed by atoms with van der Waals surface area (Å²) in [6, 6.07) is 5.93. The third-order valence-electron chi connectivity index (χ3n) is 5.17. The number of para-hydroxylation sites is 1. The molecule has 0 atom stereocenters. The molecule has 0 aliphatic carbocycles. The summed E-state index contributed by atoms with van der Waals surface area (Å²) in [7, 11) is 0. The molecule has 32 heavy (non-hydrogen) atoms. The first-order valence-corrected chi connectivity index (χ1v) is 10.6. The number of alkyl halides is 2. The van der Waals surface area contributed by atoms with E-state index in [4.69, 9.17) is 4.52 Å². The molecule has 1 aromatic heterocycles. The molecule has 0 unspecified atom stereocenters. The molecule has 1 fully saturated rings. The Morgan fingerprint density at radius 3 is 2.41 bits per heavy atom. The lowest BCUT2D eigenvalue weighted by Gasteiger charge is -2.35. The van der Waals surface area contributed by atoms with Gasteiger partial charge in [-0.1, -0.05) is 38.1 Å². The van der Waals surface area contributed by atoms with Gasteiger partial charge in [0.05, 0.1) is 5.56 Å². The monoisotopic (exact) mass is 450 g/mol. The largest absolute Gasteiger partial charge is 0.434 e. The van der Waals surface area contributed by atoms with Crippen molar-refractivity contribution in [1.29, 1.82) is 0 Å². The van der Waals surface area contributed by atoms with Gasteiger partial charge >= 0.3 is 6.61 Å². The summed E-state index contributed by atoms with van der Waals surface area (Å²) in [5, 5.41) is 3.98. The molecular weight excluding hydrogens is 422 g/mol. The molecule has 0 bridgehead atoms. The quantitative estimate of drug-likeness (QED) is 0.643. The zero-order valence-electron chi connectivity index (χ0n) is 18.5. The SMILES string of the molecule is CC(C)(C)c1noc(CCCC(=O)N2CCN(C(=O)c3ccccc3OC(F)F)CC2)n1. The fourth-order valence-electron chi connectivity index (χ4n) is 3.38. The highest BCUT2D eigenvalue weighted by Gasteiger charge is 2.27. The Morgan fingerprint density at radius 1 is 1.12 bits per heavy atom. The first kappa shape index (κ1) is 23.6. The van der Waals surface area contributed by atoms with Gasteiger partial charge in [-0.05, 0) is 18.6 Å². The highest BCUT2D eigenvalue weighted by molar-refractivity contribution is 5.97. The van der Waals surface area contributed by atoms with Crippen LogP contribution in [0.25, 0.3) is 0 Å². The Hall–Kier alpha value is -3.04. The summed E-state index contributed by atoms with van der Waals surface area (Å²) in [6.07, 6.45) is 1.45. The van der Waals surface area contributed by atoms with Crippen LogP contribution in [0.3, 0.4) is 0 Å². The van der Waals surface area contributed by atoms with E-state index in [0.29, 0.717) is 57.2 Å². The molecule has 2 heterocycles. The van der Waals surface area contributed by atoms with Crippen LogP contribution < -0.4 is 4.74 Å². The number of hydrogen-bond donors (Lipinski definition) is 0. The number of aryl methyl sites for hydroxylation is 1. The maximum Gasteiger partial charge on any atom is 0.387 e. The third-order valence-corrected chi connectivity index (χ3v) is 5.17. The van der Waals surface area contributed by atoms with Gasteiger partial charge < -0.3 is 19.1 Å². The van der Waals surface area contributed by atoms with Crippen LogP contribution in [0.5, 0.6) is 5.75 Å². The fraction of sp³-hybridized carbons (Fsp3) is 0.545. The van der Waals surface area contributed by atoms with Crippen LogP contribution in [0.15, 0.2) is 28.8 Å². The highest BCUT2D eigenvalue weighted by atomic mass is 19.3. The van der Waals surface area contributed by atoms with E-state index in [-0.39, 0.29) is 28.5 Å². The van der Waals surface area contributed by atoms with Crippen molar-refractivity contribution >= 4 is 11.8 Å². The predicted octanol–water partition coefficient (Wildman–Crippen LogP) is 3.28. The maximum absolute atomic E-state index is 12.8. The summed E-state index contributed by atoms with van der Waals surface area (Å²) < 4.78 is 34.9. The minimum absolute atomic E-state index is 0.00547. The summed E-state index contributed by atoms with van der Waals surface area (Å²) >= 11 is 0. The van der Waals surface area contributed by atoms with Crippen molar-refractivity contribution in [3.63, 3.8) is 0 Å². The molecule has 0 N–H and O–H groups in total. The zero-order chi connectivity index (χ0) is 23.3. The average Bonchev–Trinajstić information content (AvgIpc) is 3.23. The number of carbonyl (C=O) groups is 2. The molecule has 3 rings (SSSR count). The van der Waals surface area contributed by atoms with Crippen molar-refractivity contribution < 1.29 is 27.6 Å². The number of piperazine rings is 1. The van der Waals surface area contributed by atoms with E-state index in [9.17, 15) is 18.4 Å². The molecule has 10 heteroatoms. The van der Waals surface area contributed by atoms with Crippen molar-refractivity contribution in [2.75, 3.05) is 26.2 Å². The molecule has 174 valence electrons. The Kier molecular flexibility index (Phi) is 7.42. The number of rotatable bonds is 7. The Balaban J connectivity index is 1.47. The molecule has 0 spiro atoms. The minimum atomic E-state index is -3.01. The van der Waals surface area contributed by atoms with Crippen LogP contribution in [-0.2, 0) is 16.6 Å². The molecule has 1 aliphatic rings. The second-order valence-electron chi connectivity index (χ2n) is 8.66. The molecule has 1 saturated heterocycles. The van der Waals surface area contributed by atoms with Gasteiger partial charge in [0.1, 0.15) is 5.75 Å². The van der Waals surface area contributed by atoms with Crippen LogP contribution in [0, 0.1) is 0 Å². The van der Waals surface area contributed by atoms with Gasteiger partial charge in [0.15, 0.2) is 5.82 Å². The van der Waals surface area contributed by atoms with Crippen molar-refractivity contribution in [2.24, 2.45) is 0 Å². The summed E-state index contributed by atoms with van der Waals surface area (Å²) in [5.74, 6) is 0.609. The maximum atomic E-state index is 12.8. The standard InChI is InChI=1S/C22H28F2N4O4/c1-22(2,3)20-25-17(32-26-20)9-6-10-18(29)27-11-13-28(14-12-27)19(30)15-7-4-5-8-16(15)31-21(23)24/h4-5,7-8,21H,6,9-14H2,1-3H3. The van der Waals surface area contributed by atoms with Crippen molar-refractivity contribution in [1.82, 2.24) is 19.9 Å². The van der Waals surface area contributed by atoms with Crippen LogP contribution in [0.4, 0.5) is 8.78 Å². The molecule has 2 amide bonds. The van der Waals surface area contributed by atoms with Crippen molar-refractivity contribution in [3.05, 3.63) is 41.5 Å². The molecular formula is C22H28F2N4O4. The second kappa shape index (κ2) is 10.1. The zero-order valence-corrected chi connectivity index (χ0v) is 18.5. The number of halogens is 2. The summed E-state index contributed by atoms with van der Waals surface area (Å²) in [4.78, 5) is 32.9. The molecule has 1 aliphatic heterocycles. The number of nitrogens with zero attached hydrogens (tertiary/aromatic N) is 4. The number of benzene rings is 1. The van der Waals surface area contributed by atoms with Gasteiger partial charge in [0.2, 0.25) is 11.8 Å². The van der Waals surface area contributed by atoms with E-state index in [2.05, 4.69) is 14.9 Å². The topological polar surface area (TPSA) is 88.8 Å². The fourth-order valence-corrected chi connectivity index (χ4v) is 3.38. The first-order chi connectivity index (χ1) is 15.1. The van der Waals surface area contributed by atoms with Crippen LogP contribution in [0.2, 0.25) is 0 Å². The van der Waals surface area contributed by atoms with Crippen LogP contribution >= 0.6 is 0 Å². The van der Waals surface area contributed by atoms with Gasteiger partial charge in [-0.25, -0.2) is 0 Å². The van der Waals surface area contributed by atoms with Gasteiger partial charge in [-0.15, -0.1) is 0 Å². The average molecular weight is 450 g/mol. The Bertz CT molecular complexity index is 934. The normalized spacial score (nSPS) is 14.7. The van der Waals surface area contributed by atoms with Crippen molar-refractivity contribution in [3.8, 4) is 5.75 Å². The van der Waals surface area contributed by atoms with E-state index in [1.807, 2.05) is 20.8 Å². The second-order valence-corrected chi connectivity index (χ2v) is 8.66. The Labute approximate surface area is 185 Å². The highest BCUT2D eigenvalue weighted by Crippen LogP contribution is 2.23. The number of amides is 2. The number of ether oxygens (including phenoxy) is 1. The predicted molar refractivity (Wildman–Crippen MR) is 111 cm³/mol. The van der Waals surface area contributed by atoms with Gasteiger partial charge in [-0.2, -0.15) is 13.8 Å². The van der Waals surface area contributed by atoms with Gasteiger partial charge in [-0.3, -0.25) is 9.59 Å². The molecule has 0 radical (unpaired) electrons. The number of carbonyl (C=O) groups excluding carboxylic acids is 2. The molecule has 1 aromatic carbocycles. The van der Waals surface area contributed by atoms with Crippen LogP contribution in [0.1, 0.15) is 55.7 Å². The van der Waals surface area contributed by atoms with Gasteiger partial charge in [0, 0.05) is 44.4 Å². The van der Waals surface area contributed by atoms with E-state index < -0.39 is 6.61 Å². The summed E-state index contributed by atoms with van der Waals surface area (Å²) in [6.45, 7) is 4.41. The van der Waals surface area contributed by atoms with E-state index in [1.165, 1.54) is 18.2 Å². The molecule has 0 saturated carbocycles. The Morgan fingerprint density at radius 2 is 1.78 bits per heavy atom. The molecule has 2 aromatic rings. The third kappa shape index (κ3) is 6.02. The smallest absolute Gasteiger partial charge is 0.387 e. The van der Waals surface area contributed by atoms with E-state index >= 15 is 0 Å². The van der Waals surface area contributed by atoms with E-state index in [1.54, 1.807) is 15.9 Å². The van der Waals surface area contributed by atoms with Crippen LogP contribution in [-0.4, -0.2) is 64.5 Å². The summed E-state index contributed by atoms with van der Waals surface area (Å²) in [5.41, 5.74) is -0.109. The lowest BCUT2D eigenvalue weighted by Crippen LogP contribution is -2.50. The number of hydrogen-bond acceptors (Lipinski definition) is 6. The number of aromatic nitrogens is 2. The van der Waals surface area contributed by atoms with Crippen molar-refractivity contribution in [2.45, 2.75) is 52.1 Å². The van der Waals surface area contributed by atoms with E-state index in [0.717, 1.165) is 0 Å². The minimum Gasteiger partial charge on any atom is -0.434 e.